The van der Waals surface area contributed by atoms with Crippen LogP contribution in [0.4, 0.5) is 0 Å². The van der Waals surface area contributed by atoms with Crippen LogP contribution in [-0.2, 0) is 4.79 Å². The number of rotatable bonds is 2. The Labute approximate surface area is 65.2 Å². The quantitative estimate of drug-likeness (QED) is 0.630. The predicted octanol–water partition coefficient (Wildman–Crippen LogP) is 1.87. The van der Waals surface area contributed by atoms with Gasteiger partial charge in [0.05, 0.1) is 0 Å². The summed E-state index contributed by atoms with van der Waals surface area (Å²) >= 11 is 5.62. The van der Waals surface area contributed by atoms with Crippen LogP contribution in [0.5, 0.6) is 0 Å². The Kier molecular flexibility index (Phi) is 2.55. The molecule has 0 heterocycles. The van der Waals surface area contributed by atoms with Gasteiger partial charge in [0.25, 0.3) is 0 Å². The SMILES string of the molecule is O=C(O)C(Cl)C1CCCC1. The molecule has 1 aliphatic carbocycles. The highest BCUT2D eigenvalue weighted by atomic mass is 35.5. The second kappa shape index (κ2) is 3.24. The van der Waals surface area contributed by atoms with Gasteiger partial charge in [-0.2, -0.15) is 0 Å². The van der Waals surface area contributed by atoms with E-state index in [-0.39, 0.29) is 5.92 Å². The van der Waals surface area contributed by atoms with Crippen LogP contribution in [-0.4, -0.2) is 16.5 Å². The second-order valence-electron chi connectivity index (χ2n) is 2.78. The van der Waals surface area contributed by atoms with E-state index in [4.69, 9.17) is 16.7 Å². The molecule has 10 heavy (non-hydrogen) atoms. The Morgan fingerprint density at radius 2 is 2.00 bits per heavy atom. The van der Waals surface area contributed by atoms with Gasteiger partial charge in [0.15, 0.2) is 0 Å². The first kappa shape index (κ1) is 7.86. The second-order valence-corrected chi connectivity index (χ2v) is 3.25. The molecule has 1 N–H and O–H groups in total. The predicted molar refractivity (Wildman–Crippen MR) is 39.2 cm³/mol. The van der Waals surface area contributed by atoms with Crippen molar-refractivity contribution < 1.29 is 9.90 Å². The van der Waals surface area contributed by atoms with Gasteiger partial charge in [-0.1, -0.05) is 12.8 Å². The minimum absolute atomic E-state index is 0.221. The Morgan fingerprint density at radius 3 is 2.40 bits per heavy atom. The number of alkyl halides is 1. The largest absolute Gasteiger partial charge is 0.480 e. The van der Waals surface area contributed by atoms with Crippen LogP contribution in [0.25, 0.3) is 0 Å². The van der Waals surface area contributed by atoms with E-state index in [1.807, 2.05) is 0 Å². The van der Waals surface area contributed by atoms with Gasteiger partial charge in [-0.15, -0.1) is 11.6 Å². The minimum Gasteiger partial charge on any atom is -0.480 e. The van der Waals surface area contributed by atoms with Crippen molar-refractivity contribution in [3.63, 3.8) is 0 Å². The monoisotopic (exact) mass is 162 g/mol. The van der Waals surface area contributed by atoms with Gasteiger partial charge in [0.1, 0.15) is 5.38 Å². The normalized spacial score (nSPS) is 22.9. The first-order chi connectivity index (χ1) is 4.72. The zero-order chi connectivity index (χ0) is 7.56. The molecule has 0 aromatic carbocycles. The van der Waals surface area contributed by atoms with E-state index >= 15 is 0 Å². The van der Waals surface area contributed by atoms with Crippen LogP contribution in [0.15, 0.2) is 0 Å². The summed E-state index contributed by atoms with van der Waals surface area (Å²) in [6.07, 6.45) is 4.25. The highest BCUT2D eigenvalue weighted by Gasteiger charge is 2.28. The summed E-state index contributed by atoms with van der Waals surface area (Å²) in [6.45, 7) is 0. The van der Waals surface area contributed by atoms with Crippen molar-refractivity contribution in [1.29, 1.82) is 0 Å². The molecule has 1 rings (SSSR count). The van der Waals surface area contributed by atoms with Crippen molar-refractivity contribution in [2.75, 3.05) is 0 Å². The maximum absolute atomic E-state index is 10.4. The lowest BCUT2D eigenvalue weighted by molar-refractivity contribution is -0.137. The number of hydrogen-bond donors (Lipinski definition) is 1. The van der Waals surface area contributed by atoms with Crippen molar-refractivity contribution in [3.05, 3.63) is 0 Å². The van der Waals surface area contributed by atoms with Crippen LogP contribution < -0.4 is 0 Å². The van der Waals surface area contributed by atoms with Crippen molar-refractivity contribution >= 4 is 17.6 Å². The number of carboxylic acids is 1. The molecule has 0 saturated heterocycles. The van der Waals surface area contributed by atoms with Gasteiger partial charge in [-0.25, -0.2) is 0 Å². The fourth-order valence-electron chi connectivity index (χ4n) is 1.45. The minimum atomic E-state index is -0.867. The Hall–Kier alpha value is -0.240. The fourth-order valence-corrected chi connectivity index (χ4v) is 1.70. The Morgan fingerprint density at radius 1 is 1.50 bits per heavy atom. The standard InChI is InChI=1S/C7H11ClO2/c8-6(7(9)10)5-3-1-2-4-5/h5-6H,1-4H2,(H,9,10). The Balaban J connectivity index is 2.39. The summed E-state index contributed by atoms with van der Waals surface area (Å²) in [7, 11) is 0. The summed E-state index contributed by atoms with van der Waals surface area (Å²) in [4.78, 5) is 10.4. The molecule has 1 atom stereocenters. The molecule has 1 saturated carbocycles. The maximum atomic E-state index is 10.4. The molecule has 0 spiro atoms. The molecule has 1 unspecified atom stereocenters. The number of hydrogen-bond acceptors (Lipinski definition) is 1. The molecule has 0 bridgehead atoms. The molecule has 1 aliphatic rings. The highest BCUT2D eigenvalue weighted by molar-refractivity contribution is 6.29. The molecular weight excluding hydrogens is 152 g/mol. The average molecular weight is 163 g/mol. The molecule has 2 nitrogen and oxygen atoms in total. The molecule has 1 fully saturated rings. The van der Waals surface area contributed by atoms with Crippen molar-refractivity contribution in [3.8, 4) is 0 Å². The van der Waals surface area contributed by atoms with Gasteiger partial charge in [-0.3, -0.25) is 4.79 Å². The Bertz CT molecular complexity index is 130. The van der Waals surface area contributed by atoms with Gasteiger partial charge in [-0.05, 0) is 18.8 Å². The average Bonchev–Trinajstić information content (AvgIpc) is 2.36. The molecule has 0 amide bonds. The summed E-state index contributed by atoms with van der Waals surface area (Å²) in [5.74, 6) is -0.646. The lowest BCUT2D eigenvalue weighted by atomic mass is 10.0. The van der Waals surface area contributed by atoms with Crippen molar-refractivity contribution in [2.24, 2.45) is 5.92 Å². The molecule has 0 aliphatic heterocycles. The third-order valence-corrected chi connectivity index (χ3v) is 2.59. The topological polar surface area (TPSA) is 37.3 Å². The molecular formula is C7H11ClO2. The smallest absolute Gasteiger partial charge is 0.321 e. The molecule has 0 radical (unpaired) electrons. The van der Waals surface area contributed by atoms with Crippen molar-refractivity contribution in [1.82, 2.24) is 0 Å². The number of aliphatic carboxylic acids is 1. The van der Waals surface area contributed by atoms with E-state index in [0.717, 1.165) is 25.7 Å². The summed E-state index contributed by atoms with van der Waals surface area (Å²) < 4.78 is 0. The first-order valence-electron chi connectivity index (χ1n) is 3.58. The van der Waals surface area contributed by atoms with Gasteiger partial charge in [0.2, 0.25) is 0 Å². The maximum Gasteiger partial charge on any atom is 0.321 e. The molecule has 0 aromatic heterocycles. The molecule has 58 valence electrons. The fraction of sp³-hybridized carbons (Fsp3) is 0.857. The van der Waals surface area contributed by atoms with Crippen LogP contribution >= 0.6 is 11.6 Å². The summed E-state index contributed by atoms with van der Waals surface area (Å²) in [5.41, 5.74) is 0. The lowest BCUT2D eigenvalue weighted by Crippen LogP contribution is -2.21. The third kappa shape index (κ3) is 1.63. The third-order valence-electron chi connectivity index (χ3n) is 2.05. The van der Waals surface area contributed by atoms with Crippen LogP contribution in [0.2, 0.25) is 0 Å². The van der Waals surface area contributed by atoms with Gasteiger partial charge >= 0.3 is 5.97 Å². The van der Waals surface area contributed by atoms with Gasteiger partial charge in [0, 0.05) is 0 Å². The highest BCUT2D eigenvalue weighted by Crippen LogP contribution is 2.30. The molecule has 0 aromatic rings. The van der Waals surface area contributed by atoms with E-state index in [9.17, 15) is 4.79 Å². The van der Waals surface area contributed by atoms with Crippen molar-refractivity contribution in [2.45, 2.75) is 31.1 Å². The van der Waals surface area contributed by atoms with E-state index in [2.05, 4.69) is 0 Å². The van der Waals surface area contributed by atoms with Crippen LogP contribution in [0.3, 0.4) is 0 Å². The van der Waals surface area contributed by atoms with Crippen LogP contribution in [0.1, 0.15) is 25.7 Å². The lowest BCUT2D eigenvalue weighted by Gasteiger charge is -2.10. The molecule has 3 heteroatoms. The van der Waals surface area contributed by atoms with E-state index in [0.29, 0.717) is 0 Å². The van der Waals surface area contributed by atoms with E-state index < -0.39 is 11.3 Å². The number of halogens is 1. The summed E-state index contributed by atoms with van der Waals surface area (Å²) in [5, 5.41) is 7.86. The van der Waals surface area contributed by atoms with Gasteiger partial charge < -0.3 is 5.11 Å². The first-order valence-corrected chi connectivity index (χ1v) is 4.02. The van der Waals surface area contributed by atoms with E-state index in [1.165, 1.54) is 0 Å². The van der Waals surface area contributed by atoms with E-state index in [1.54, 1.807) is 0 Å². The zero-order valence-electron chi connectivity index (χ0n) is 5.72. The summed E-state index contributed by atoms with van der Waals surface area (Å²) in [6, 6.07) is 0. The number of carbonyl (C=O) groups is 1. The zero-order valence-corrected chi connectivity index (χ0v) is 6.47. The van der Waals surface area contributed by atoms with Crippen LogP contribution in [0, 0.1) is 5.92 Å². The number of carboxylic acid groups (broad SMARTS) is 1.